The van der Waals surface area contributed by atoms with Crippen LogP contribution in [-0.4, -0.2) is 56.0 Å². The minimum atomic E-state index is -0.489. The van der Waals surface area contributed by atoms with Crippen molar-refractivity contribution in [1.29, 1.82) is 0 Å². The molecule has 0 saturated carbocycles. The van der Waals surface area contributed by atoms with Crippen molar-refractivity contribution >= 4 is 17.7 Å². The summed E-state index contributed by atoms with van der Waals surface area (Å²) in [4.78, 5) is 12.8. The summed E-state index contributed by atoms with van der Waals surface area (Å²) in [5.74, 6) is 0.0229. The van der Waals surface area contributed by atoms with Crippen molar-refractivity contribution in [1.82, 2.24) is 5.32 Å². The average molecular weight is 400 g/mol. The highest BCUT2D eigenvalue weighted by Gasteiger charge is 2.32. The number of carbonyl (C=O) groups is 1. The van der Waals surface area contributed by atoms with Crippen LogP contribution in [0.2, 0.25) is 0 Å². The fourth-order valence-electron chi connectivity index (χ4n) is 2.65. The van der Waals surface area contributed by atoms with Crippen molar-refractivity contribution < 1.29 is 19.0 Å². The van der Waals surface area contributed by atoms with E-state index in [0.717, 1.165) is 37.3 Å². The highest BCUT2D eigenvalue weighted by molar-refractivity contribution is 8.01. The van der Waals surface area contributed by atoms with E-state index < -0.39 is 4.75 Å². The predicted molar refractivity (Wildman–Crippen MR) is 113 cm³/mol. The molecule has 0 unspecified atom stereocenters. The molecule has 1 amide bonds. The maximum atomic E-state index is 12.8. The van der Waals surface area contributed by atoms with E-state index in [2.05, 4.69) is 25.7 Å². The number of methoxy groups -OCH3 is 1. The quantitative estimate of drug-likeness (QED) is 0.421. The predicted octanol–water partition coefficient (Wildman–Crippen LogP) is 3.94. The summed E-state index contributed by atoms with van der Waals surface area (Å²) in [6, 6.07) is 0. The van der Waals surface area contributed by atoms with Crippen molar-refractivity contribution in [2.45, 2.75) is 57.5 Å². The molecule has 156 valence electrons. The van der Waals surface area contributed by atoms with Crippen LogP contribution in [0.3, 0.4) is 0 Å². The van der Waals surface area contributed by atoms with E-state index in [1.807, 2.05) is 26.8 Å². The molecule has 0 radical (unpaired) electrons. The first-order valence-corrected chi connectivity index (χ1v) is 10.5. The van der Waals surface area contributed by atoms with Gasteiger partial charge in [0.1, 0.15) is 0 Å². The molecule has 1 aliphatic rings. The van der Waals surface area contributed by atoms with E-state index in [-0.39, 0.29) is 11.3 Å². The molecule has 0 aromatic rings. The van der Waals surface area contributed by atoms with Gasteiger partial charge in [0.2, 0.25) is 5.91 Å². The SMILES string of the molecule is C=C(/C=C(\C)NC(=O)C(C)(C)SC1CCOCC1)C(C)(C)COCCOC. The molecule has 0 spiro atoms. The standard InChI is InChI=1S/C21H37NO4S/c1-16(20(3,4)15-26-13-12-24-7)14-17(2)22-19(23)21(5,6)27-18-8-10-25-11-9-18/h14,18H,1,8-13,15H2,2-7H3,(H,22,23)/b17-14+. The Morgan fingerprint density at radius 1 is 1.26 bits per heavy atom. The van der Waals surface area contributed by atoms with Crippen LogP contribution in [0.15, 0.2) is 23.9 Å². The Labute approximate surface area is 169 Å². The number of hydrogen-bond donors (Lipinski definition) is 1. The van der Waals surface area contributed by atoms with Gasteiger partial charge in [-0.25, -0.2) is 0 Å². The van der Waals surface area contributed by atoms with Crippen molar-refractivity contribution in [3.05, 3.63) is 23.9 Å². The lowest BCUT2D eigenvalue weighted by Crippen LogP contribution is -2.41. The first kappa shape index (κ1) is 24.2. The van der Waals surface area contributed by atoms with E-state index in [1.165, 1.54) is 0 Å². The van der Waals surface area contributed by atoms with Crippen LogP contribution >= 0.6 is 11.8 Å². The Balaban J connectivity index is 2.57. The minimum Gasteiger partial charge on any atom is -0.382 e. The Bertz CT molecular complexity index is 522. The molecule has 27 heavy (non-hydrogen) atoms. The fourth-order valence-corrected chi connectivity index (χ4v) is 4.07. The van der Waals surface area contributed by atoms with E-state index in [0.29, 0.717) is 25.1 Å². The molecule has 1 fully saturated rings. The Kier molecular flexibility index (Phi) is 10.1. The second-order valence-electron chi connectivity index (χ2n) is 8.18. The van der Waals surface area contributed by atoms with Gasteiger partial charge in [-0.15, -0.1) is 11.8 Å². The maximum absolute atomic E-state index is 12.8. The molecule has 1 N–H and O–H groups in total. The number of rotatable bonds is 11. The molecular weight excluding hydrogens is 362 g/mol. The highest BCUT2D eigenvalue weighted by Crippen LogP contribution is 2.34. The third-order valence-electron chi connectivity index (χ3n) is 4.64. The number of allylic oxidation sites excluding steroid dienone is 2. The molecule has 1 saturated heterocycles. The first-order valence-electron chi connectivity index (χ1n) is 9.60. The Hall–Kier alpha value is -0.820. The molecule has 0 aromatic heterocycles. The fraction of sp³-hybridized carbons (Fsp3) is 0.762. The Morgan fingerprint density at radius 2 is 1.89 bits per heavy atom. The number of ether oxygens (including phenoxy) is 3. The largest absolute Gasteiger partial charge is 0.382 e. The van der Waals surface area contributed by atoms with Gasteiger partial charge in [-0.3, -0.25) is 4.79 Å². The average Bonchev–Trinajstić information content (AvgIpc) is 2.59. The second-order valence-corrected chi connectivity index (χ2v) is 10.1. The summed E-state index contributed by atoms with van der Waals surface area (Å²) >= 11 is 1.74. The number of thioether (sulfide) groups is 1. The molecule has 1 rings (SSSR count). The summed E-state index contributed by atoms with van der Waals surface area (Å²) in [7, 11) is 1.66. The first-order chi connectivity index (χ1) is 12.6. The molecule has 5 nitrogen and oxygen atoms in total. The van der Waals surface area contributed by atoms with Gasteiger partial charge in [0.05, 0.1) is 24.6 Å². The van der Waals surface area contributed by atoms with Crippen molar-refractivity contribution in [3.63, 3.8) is 0 Å². The van der Waals surface area contributed by atoms with Crippen LogP contribution in [-0.2, 0) is 19.0 Å². The smallest absolute Gasteiger partial charge is 0.239 e. The Morgan fingerprint density at radius 3 is 2.48 bits per heavy atom. The van der Waals surface area contributed by atoms with Gasteiger partial charge < -0.3 is 19.5 Å². The molecule has 0 atom stereocenters. The van der Waals surface area contributed by atoms with Gasteiger partial charge in [-0.05, 0) is 45.3 Å². The second kappa shape index (κ2) is 11.2. The van der Waals surface area contributed by atoms with Crippen LogP contribution in [0.25, 0.3) is 0 Å². The van der Waals surface area contributed by atoms with Crippen molar-refractivity contribution in [3.8, 4) is 0 Å². The van der Waals surface area contributed by atoms with Gasteiger partial charge >= 0.3 is 0 Å². The van der Waals surface area contributed by atoms with Gasteiger partial charge in [0.25, 0.3) is 0 Å². The van der Waals surface area contributed by atoms with Crippen LogP contribution in [0.4, 0.5) is 0 Å². The molecule has 0 aromatic carbocycles. The molecule has 0 bridgehead atoms. The van der Waals surface area contributed by atoms with Crippen molar-refractivity contribution in [2.75, 3.05) is 40.1 Å². The summed E-state index contributed by atoms with van der Waals surface area (Å²) in [6.45, 7) is 17.5. The van der Waals surface area contributed by atoms with Crippen LogP contribution in [0.5, 0.6) is 0 Å². The third-order valence-corrected chi connectivity index (χ3v) is 6.22. The summed E-state index contributed by atoms with van der Waals surface area (Å²) in [5, 5.41) is 3.51. The van der Waals surface area contributed by atoms with E-state index in [9.17, 15) is 4.79 Å². The lowest BCUT2D eigenvalue weighted by Gasteiger charge is -2.31. The summed E-state index contributed by atoms with van der Waals surface area (Å²) in [5.41, 5.74) is 1.51. The lowest BCUT2D eigenvalue weighted by atomic mass is 9.85. The number of carbonyl (C=O) groups excluding carboxylic acids is 1. The maximum Gasteiger partial charge on any atom is 0.239 e. The highest BCUT2D eigenvalue weighted by atomic mass is 32.2. The van der Waals surface area contributed by atoms with E-state index >= 15 is 0 Å². The summed E-state index contributed by atoms with van der Waals surface area (Å²) in [6.07, 6.45) is 3.95. The molecule has 1 aliphatic heterocycles. The van der Waals surface area contributed by atoms with Gasteiger partial charge in [-0.1, -0.05) is 20.4 Å². The van der Waals surface area contributed by atoms with E-state index in [4.69, 9.17) is 14.2 Å². The van der Waals surface area contributed by atoms with E-state index in [1.54, 1.807) is 18.9 Å². The number of hydrogen-bond acceptors (Lipinski definition) is 5. The van der Waals surface area contributed by atoms with Gasteiger partial charge in [-0.2, -0.15) is 0 Å². The molecule has 6 heteroatoms. The zero-order valence-electron chi connectivity index (χ0n) is 17.9. The third kappa shape index (κ3) is 8.81. The summed E-state index contributed by atoms with van der Waals surface area (Å²) < 4.78 is 15.6. The minimum absolute atomic E-state index is 0.0229. The molecule has 1 heterocycles. The van der Waals surface area contributed by atoms with Crippen LogP contribution in [0.1, 0.15) is 47.5 Å². The van der Waals surface area contributed by atoms with Gasteiger partial charge in [0, 0.05) is 36.7 Å². The van der Waals surface area contributed by atoms with Crippen molar-refractivity contribution in [2.24, 2.45) is 5.41 Å². The zero-order chi connectivity index (χ0) is 20.5. The van der Waals surface area contributed by atoms with Crippen LogP contribution in [0, 0.1) is 5.41 Å². The zero-order valence-corrected chi connectivity index (χ0v) is 18.7. The normalized spacial score (nSPS) is 17.0. The topological polar surface area (TPSA) is 56.8 Å². The number of amides is 1. The van der Waals surface area contributed by atoms with Crippen LogP contribution < -0.4 is 5.32 Å². The molecule has 0 aliphatic carbocycles. The monoisotopic (exact) mass is 399 g/mol. The number of nitrogens with one attached hydrogen (secondary N) is 1. The lowest BCUT2D eigenvalue weighted by molar-refractivity contribution is -0.121. The molecular formula is C21H37NO4S. The van der Waals surface area contributed by atoms with Gasteiger partial charge in [0.15, 0.2) is 0 Å².